The molecule has 0 saturated heterocycles. The van der Waals surface area contributed by atoms with E-state index < -0.39 is 22.9 Å². The van der Waals surface area contributed by atoms with E-state index in [9.17, 15) is 13.2 Å². The van der Waals surface area contributed by atoms with Crippen molar-refractivity contribution in [3.05, 3.63) is 35.1 Å². The average Bonchev–Trinajstić information content (AvgIpc) is 1.99. The van der Waals surface area contributed by atoms with Crippen molar-refractivity contribution in [2.24, 2.45) is 0 Å². The van der Waals surface area contributed by atoms with Crippen LogP contribution in [-0.4, -0.2) is 5.33 Å². The lowest BCUT2D eigenvalue weighted by Gasteiger charge is -2.25. The second-order valence-corrected chi connectivity index (χ2v) is 4.86. The second kappa shape index (κ2) is 4.56. The maximum Gasteiger partial charge on any atom is 0.132 e. The number of hydrogen-bond donors (Lipinski definition) is 0. The van der Waals surface area contributed by atoms with Gasteiger partial charge in [0.25, 0.3) is 0 Å². The maximum atomic E-state index is 13.4. The molecule has 0 N–H and O–H groups in total. The Morgan fingerprint density at radius 1 is 1.13 bits per heavy atom. The van der Waals surface area contributed by atoms with Crippen LogP contribution in [0.4, 0.5) is 13.2 Å². The van der Waals surface area contributed by atoms with Gasteiger partial charge in [-0.2, -0.15) is 0 Å². The molecule has 0 aromatic heterocycles. The Kier molecular flexibility index (Phi) is 3.82. The standard InChI is InChI=1S/C11H12BrF3/c1-11(2,3-4-12)10-8(14)5-7(13)6-9(10)15/h5-6H,3-4H2,1-2H3. The minimum atomic E-state index is -0.886. The summed E-state index contributed by atoms with van der Waals surface area (Å²) in [7, 11) is 0. The van der Waals surface area contributed by atoms with E-state index in [1.54, 1.807) is 13.8 Å². The molecule has 1 aromatic carbocycles. The molecule has 0 aliphatic carbocycles. The Labute approximate surface area is 95.6 Å². The van der Waals surface area contributed by atoms with Crippen molar-refractivity contribution in [3.8, 4) is 0 Å². The summed E-state index contributed by atoms with van der Waals surface area (Å²) in [4.78, 5) is 0. The quantitative estimate of drug-likeness (QED) is 0.729. The van der Waals surface area contributed by atoms with Crippen LogP contribution in [-0.2, 0) is 5.41 Å². The van der Waals surface area contributed by atoms with E-state index in [1.165, 1.54) is 0 Å². The van der Waals surface area contributed by atoms with Gasteiger partial charge < -0.3 is 0 Å². The zero-order valence-electron chi connectivity index (χ0n) is 8.58. The van der Waals surface area contributed by atoms with Gasteiger partial charge in [-0.15, -0.1) is 0 Å². The van der Waals surface area contributed by atoms with E-state index in [0.29, 0.717) is 23.9 Å². The lowest BCUT2D eigenvalue weighted by atomic mass is 9.81. The molecule has 0 spiro atoms. The fraction of sp³-hybridized carbons (Fsp3) is 0.455. The molecule has 15 heavy (non-hydrogen) atoms. The number of hydrogen-bond acceptors (Lipinski definition) is 0. The van der Waals surface area contributed by atoms with E-state index in [0.717, 1.165) is 0 Å². The lowest BCUT2D eigenvalue weighted by Crippen LogP contribution is -2.21. The fourth-order valence-electron chi connectivity index (χ4n) is 1.55. The molecule has 0 saturated carbocycles. The zero-order valence-corrected chi connectivity index (χ0v) is 10.2. The maximum absolute atomic E-state index is 13.4. The summed E-state index contributed by atoms with van der Waals surface area (Å²) < 4.78 is 39.6. The van der Waals surface area contributed by atoms with Crippen LogP contribution in [0.1, 0.15) is 25.8 Å². The Bertz CT molecular complexity index is 338. The van der Waals surface area contributed by atoms with Gasteiger partial charge in [-0.25, -0.2) is 13.2 Å². The van der Waals surface area contributed by atoms with E-state index in [1.807, 2.05) is 0 Å². The molecular formula is C11H12BrF3. The van der Waals surface area contributed by atoms with Crippen LogP contribution in [0.5, 0.6) is 0 Å². The first kappa shape index (κ1) is 12.6. The van der Waals surface area contributed by atoms with Gasteiger partial charge in [-0.1, -0.05) is 29.8 Å². The van der Waals surface area contributed by atoms with Crippen LogP contribution in [0.25, 0.3) is 0 Å². The molecule has 0 aliphatic rings. The van der Waals surface area contributed by atoms with Gasteiger partial charge in [0.05, 0.1) is 0 Å². The van der Waals surface area contributed by atoms with Crippen LogP contribution in [0, 0.1) is 17.5 Å². The van der Waals surface area contributed by atoms with E-state index >= 15 is 0 Å². The summed E-state index contributed by atoms with van der Waals surface area (Å²) in [5.41, 5.74) is -0.700. The van der Waals surface area contributed by atoms with Gasteiger partial charge in [0.15, 0.2) is 0 Å². The molecule has 0 nitrogen and oxygen atoms in total. The summed E-state index contributed by atoms with van der Waals surface area (Å²) in [6.45, 7) is 3.46. The molecule has 84 valence electrons. The highest BCUT2D eigenvalue weighted by Crippen LogP contribution is 2.32. The largest absolute Gasteiger partial charge is 0.207 e. The van der Waals surface area contributed by atoms with Crippen molar-refractivity contribution in [2.75, 3.05) is 5.33 Å². The Morgan fingerprint density at radius 3 is 2.00 bits per heavy atom. The van der Waals surface area contributed by atoms with E-state index in [-0.39, 0.29) is 5.56 Å². The lowest BCUT2D eigenvalue weighted by molar-refractivity contribution is 0.430. The highest BCUT2D eigenvalue weighted by Gasteiger charge is 2.27. The third-order valence-electron chi connectivity index (χ3n) is 2.40. The average molecular weight is 281 g/mol. The fourth-order valence-corrected chi connectivity index (χ4v) is 2.54. The van der Waals surface area contributed by atoms with E-state index in [4.69, 9.17) is 0 Å². The number of halogens is 4. The molecule has 4 heteroatoms. The summed E-state index contributed by atoms with van der Waals surface area (Å²) in [5, 5.41) is 0.635. The first-order valence-electron chi connectivity index (χ1n) is 4.59. The Hall–Kier alpha value is -0.510. The third-order valence-corrected chi connectivity index (χ3v) is 2.80. The number of rotatable bonds is 3. The van der Waals surface area contributed by atoms with Crippen molar-refractivity contribution in [2.45, 2.75) is 25.7 Å². The summed E-state index contributed by atoms with van der Waals surface area (Å²) >= 11 is 3.23. The molecule has 0 unspecified atom stereocenters. The zero-order chi connectivity index (χ0) is 11.6. The van der Waals surface area contributed by atoms with E-state index in [2.05, 4.69) is 15.9 Å². The molecular weight excluding hydrogens is 269 g/mol. The molecule has 0 radical (unpaired) electrons. The van der Waals surface area contributed by atoms with Crippen LogP contribution in [0.15, 0.2) is 12.1 Å². The van der Waals surface area contributed by atoms with Crippen LogP contribution in [0.2, 0.25) is 0 Å². The SMILES string of the molecule is CC(C)(CCBr)c1c(F)cc(F)cc1F. The van der Waals surface area contributed by atoms with Gasteiger partial charge in [0, 0.05) is 23.0 Å². The van der Waals surface area contributed by atoms with Gasteiger partial charge in [-0.05, 0) is 11.8 Å². The predicted molar refractivity (Wildman–Crippen MR) is 57.8 cm³/mol. The molecule has 1 rings (SSSR count). The highest BCUT2D eigenvalue weighted by atomic mass is 79.9. The van der Waals surface area contributed by atoms with Gasteiger partial charge in [0.1, 0.15) is 17.5 Å². The van der Waals surface area contributed by atoms with Gasteiger partial charge >= 0.3 is 0 Å². The molecule has 0 fully saturated rings. The van der Waals surface area contributed by atoms with Crippen molar-refractivity contribution in [1.82, 2.24) is 0 Å². The predicted octanol–water partition coefficient (Wildman–Crippen LogP) is 4.17. The third kappa shape index (κ3) is 2.74. The minimum Gasteiger partial charge on any atom is -0.207 e. The smallest absolute Gasteiger partial charge is 0.132 e. The summed E-state index contributed by atoms with van der Waals surface area (Å²) in [6, 6.07) is 1.43. The molecule has 0 atom stereocenters. The second-order valence-electron chi connectivity index (χ2n) is 4.07. The summed E-state index contributed by atoms with van der Waals surface area (Å²) in [5.74, 6) is -2.53. The monoisotopic (exact) mass is 280 g/mol. The molecule has 0 bridgehead atoms. The minimum absolute atomic E-state index is 0.0525. The highest BCUT2D eigenvalue weighted by molar-refractivity contribution is 9.09. The molecule has 0 aliphatic heterocycles. The molecule has 0 amide bonds. The van der Waals surface area contributed by atoms with Gasteiger partial charge in [-0.3, -0.25) is 0 Å². The number of benzene rings is 1. The van der Waals surface area contributed by atoms with Crippen molar-refractivity contribution >= 4 is 15.9 Å². The van der Waals surface area contributed by atoms with Crippen LogP contribution in [0.3, 0.4) is 0 Å². The first-order chi connectivity index (χ1) is 6.88. The number of alkyl halides is 1. The molecule has 0 heterocycles. The first-order valence-corrected chi connectivity index (χ1v) is 5.71. The van der Waals surface area contributed by atoms with Crippen molar-refractivity contribution in [1.29, 1.82) is 0 Å². The normalized spacial score (nSPS) is 11.9. The van der Waals surface area contributed by atoms with Gasteiger partial charge in [0.2, 0.25) is 0 Å². The Balaban J connectivity index is 3.24. The molecule has 1 aromatic rings. The van der Waals surface area contributed by atoms with Crippen LogP contribution >= 0.6 is 15.9 Å². The van der Waals surface area contributed by atoms with Crippen LogP contribution < -0.4 is 0 Å². The summed E-state index contributed by atoms with van der Waals surface area (Å²) in [6.07, 6.45) is 0.576. The van der Waals surface area contributed by atoms with Crippen molar-refractivity contribution < 1.29 is 13.2 Å². The van der Waals surface area contributed by atoms with Crippen molar-refractivity contribution in [3.63, 3.8) is 0 Å². The Morgan fingerprint density at radius 2 is 1.60 bits per heavy atom. The topological polar surface area (TPSA) is 0 Å².